The van der Waals surface area contributed by atoms with Crippen molar-refractivity contribution in [3.8, 4) is 5.75 Å². The first kappa shape index (κ1) is 25.2. The summed E-state index contributed by atoms with van der Waals surface area (Å²) in [6.45, 7) is 3.03. The summed E-state index contributed by atoms with van der Waals surface area (Å²) in [5.41, 5.74) is 2.27. The number of nitrogens with zero attached hydrogens (tertiary/aromatic N) is 3. The maximum Gasteiger partial charge on any atom is 0.248 e. The summed E-state index contributed by atoms with van der Waals surface area (Å²) in [7, 11) is 1.54. The number of nitrogens with one attached hydrogen (secondary N) is 2. The molecule has 35 heavy (non-hydrogen) atoms. The molecule has 0 unspecified atom stereocenters. The number of fused-ring (bicyclic) bond motifs is 1. The number of benzene rings is 2. The fourth-order valence-electron chi connectivity index (χ4n) is 4.67. The first-order chi connectivity index (χ1) is 16.4. The zero-order chi connectivity index (χ0) is 23.7. The van der Waals surface area contributed by atoms with Gasteiger partial charge in [-0.1, -0.05) is 24.1 Å². The van der Waals surface area contributed by atoms with Gasteiger partial charge in [-0.3, -0.25) is 9.69 Å². The minimum absolute atomic E-state index is 0. The number of anilines is 3. The topological polar surface area (TPSA) is 79.4 Å². The van der Waals surface area contributed by atoms with Gasteiger partial charge < -0.3 is 15.4 Å². The normalized spacial score (nSPS) is 16.4. The van der Waals surface area contributed by atoms with Crippen LogP contribution < -0.4 is 15.4 Å². The van der Waals surface area contributed by atoms with Crippen molar-refractivity contribution in [1.29, 1.82) is 0 Å². The minimum atomic E-state index is -0.501. The lowest BCUT2D eigenvalue weighted by Crippen LogP contribution is -2.59. The number of methoxy groups -OCH3 is 1. The van der Waals surface area contributed by atoms with Crippen LogP contribution in [0.1, 0.15) is 19.3 Å². The maximum atomic E-state index is 13.5. The Bertz CT molecular complexity index is 1270. The van der Waals surface area contributed by atoms with Gasteiger partial charge in [0.15, 0.2) is 0 Å². The molecule has 1 aromatic heterocycles. The van der Waals surface area contributed by atoms with Crippen LogP contribution in [-0.2, 0) is 4.79 Å². The fraction of sp³-hybridized carbons (Fsp3) is 0.320. The summed E-state index contributed by atoms with van der Waals surface area (Å²) < 4.78 is 19.0. The number of hydrogen-bond acceptors (Lipinski definition) is 6. The van der Waals surface area contributed by atoms with E-state index in [1.165, 1.54) is 44.8 Å². The van der Waals surface area contributed by atoms with Crippen LogP contribution in [0.5, 0.6) is 5.75 Å². The smallest absolute Gasteiger partial charge is 0.248 e. The molecule has 1 aliphatic heterocycles. The summed E-state index contributed by atoms with van der Waals surface area (Å²) in [5.74, 6) is 0.231. The van der Waals surface area contributed by atoms with Crippen molar-refractivity contribution in [3.63, 3.8) is 0 Å². The van der Waals surface area contributed by atoms with Gasteiger partial charge in [-0.05, 0) is 42.5 Å². The Balaban J connectivity index is 0.00000289. The molecule has 2 aromatic carbocycles. The van der Waals surface area contributed by atoms with Crippen LogP contribution in [0.15, 0.2) is 48.8 Å². The average molecular weight is 518 g/mol. The van der Waals surface area contributed by atoms with E-state index in [1.807, 2.05) is 6.08 Å². The van der Waals surface area contributed by atoms with Crippen molar-refractivity contribution < 1.29 is 13.9 Å². The van der Waals surface area contributed by atoms with Crippen LogP contribution in [-0.4, -0.2) is 47.5 Å². The fourth-order valence-corrected chi connectivity index (χ4v) is 4.85. The minimum Gasteiger partial charge on any atom is -0.494 e. The van der Waals surface area contributed by atoms with Gasteiger partial charge in [-0.25, -0.2) is 14.4 Å². The molecular weight excluding hydrogens is 492 g/mol. The van der Waals surface area contributed by atoms with Crippen LogP contribution in [0.2, 0.25) is 5.02 Å². The second-order valence-electron chi connectivity index (χ2n) is 8.96. The molecule has 0 bridgehead atoms. The summed E-state index contributed by atoms with van der Waals surface area (Å²) in [6.07, 6.45) is 8.88. The highest BCUT2D eigenvalue weighted by Gasteiger charge is 2.46. The molecular formula is C25H26Cl2FN5O2. The molecule has 184 valence electrons. The summed E-state index contributed by atoms with van der Waals surface area (Å²) >= 11 is 5.90. The van der Waals surface area contributed by atoms with Gasteiger partial charge in [0, 0.05) is 42.9 Å². The lowest BCUT2D eigenvalue weighted by Gasteiger charge is -2.56. The molecule has 1 aliphatic carbocycles. The molecule has 0 atom stereocenters. The van der Waals surface area contributed by atoms with Crippen molar-refractivity contribution in [3.05, 3.63) is 59.7 Å². The van der Waals surface area contributed by atoms with E-state index in [0.29, 0.717) is 39.3 Å². The predicted molar refractivity (Wildman–Crippen MR) is 139 cm³/mol. The van der Waals surface area contributed by atoms with E-state index in [2.05, 4.69) is 25.5 Å². The zero-order valence-corrected chi connectivity index (χ0v) is 20.8. The van der Waals surface area contributed by atoms with Gasteiger partial charge in [0.25, 0.3) is 0 Å². The molecule has 1 amide bonds. The van der Waals surface area contributed by atoms with Crippen LogP contribution in [0.3, 0.4) is 0 Å². The van der Waals surface area contributed by atoms with Crippen LogP contribution in [0.4, 0.5) is 21.6 Å². The number of ether oxygens (including phenoxy) is 1. The number of aromatic nitrogens is 2. The average Bonchev–Trinajstić information content (AvgIpc) is 2.76. The third-order valence-corrected chi connectivity index (χ3v) is 6.85. The molecule has 0 radical (unpaired) electrons. The Morgan fingerprint density at radius 2 is 2.06 bits per heavy atom. The lowest BCUT2D eigenvalue weighted by atomic mass is 9.63. The molecule has 7 nitrogen and oxygen atoms in total. The molecule has 3 aromatic rings. The molecule has 2 N–H and O–H groups in total. The Labute approximate surface area is 214 Å². The van der Waals surface area contributed by atoms with E-state index in [4.69, 9.17) is 16.3 Å². The first-order valence-electron chi connectivity index (χ1n) is 11.2. The van der Waals surface area contributed by atoms with E-state index < -0.39 is 5.82 Å². The number of likely N-dealkylation sites (tertiary alicyclic amines) is 1. The predicted octanol–water partition coefficient (Wildman–Crippen LogP) is 5.58. The Kier molecular flexibility index (Phi) is 7.44. The van der Waals surface area contributed by atoms with Crippen LogP contribution in [0.25, 0.3) is 10.9 Å². The Hall–Kier alpha value is -2.94. The standard InChI is InChI=1S/C25H25ClFN5O2.ClH/c1-34-22-12-20-17(24(29-15-28-20)30-16-5-6-19(27)18(26)10-16)11-21(22)31-23(33)4-2-9-32-13-25(14-32)7-3-8-25;/h2,4-6,10-12,15H,3,7-9,13-14H2,1H3,(H,31,33)(H,28,29,30);1H. The number of carbonyl (C=O) groups is 1. The van der Waals surface area contributed by atoms with E-state index in [0.717, 1.165) is 19.6 Å². The van der Waals surface area contributed by atoms with Crippen LogP contribution in [0, 0.1) is 11.2 Å². The van der Waals surface area contributed by atoms with Crippen molar-refractivity contribution in [1.82, 2.24) is 14.9 Å². The number of carbonyl (C=O) groups excluding carboxylic acids is 1. The van der Waals surface area contributed by atoms with Crippen molar-refractivity contribution in [2.45, 2.75) is 19.3 Å². The largest absolute Gasteiger partial charge is 0.494 e. The van der Waals surface area contributed by atoms with E-state index in [-0.39, 0.29) is 23.3 Å². The second kappa shape index (κ2) is 10.4. The molecule has 2 fully saturated rings. The lowest BCUT2D eigenvalue weighted by molar-refractivity contribution is -0.112. The van der Waals surface area contributed by atoms with Gasteiger partial charge >= 0.3 is 0 Å². The third kappa shape index (κ3) is 5.34. The van der Waals surface area contributed by atoms with E-state index in [9.17, 15) is 9.18 Å². The Morgan fingerprint density at radius 1 is 1.26 bits per heavy atom. The SMILES string of the molecule is COc1cc2ncnc(Nc3ccc(F)c(Cl)c3)c2cc1NC(=O)C=CCN1CC2(CCC2)C1.Cl. The van der Waals surface area contributed by atoms with Gasteiger partial charge in [0.2, 0.25) is 5.91 Å². The van der Waals surface area contributed by atoms with E-state index >= 15 is 0 Å². The highest BCUT2D eigenvalue weighted by atomic mass is 35.5. The number of hydrogen-bond donors (Lipinski definition) is 2. The number of halogens is 3. The quantitative estimate of drug-likeness (QED) is 0.398. The molecule has 2 aliphatic rings. The zero-order valence-electron chi connectivity index (χ0n) is 19.2. The Morgan fingerprint density at radius 3 is 2.74 bits per heavy atom. The summed E-state index contributed by atoms with van der Waals surface area (Å²) in [4.78, 5) is 23.5. The second-order valence-corrected chi connectivity index (χ2v) is 9.37. The monoisotopic (exact) mass is 517 g/mol. The molecule has 10 heteroatoms. The van der Waals surface area contributed by atoms with Gasteiger partial charge in [0.05, 0.1) is 23.3 Å². The molecule has 1 spiro atoms. The molecule has 5 rings (SSSR count). The summed E-state index contributed by atoms with van der Waals surface area (Å²) in [6, 6.07) is 7.81. The third-order valence-electron chi connectivity index (χ3n) is 6.56. The van der Waals surface area contributed by atoms with Crippen LogP contribution >= 0.6 is 24.0 Å². The highest BCUT2D eigenvalue weighted by molar-refractivity contribution is 6.31. The van der Waals surface area contributed by atoms with Gasteiger partial charge in [0.1, 0.15) is 23.7 Å². The maximum absolute atomic E-state index is 13.5. The summed E-state index contributed by atoms with van der Waals surface area (Å²) in [5, 5.41) is 6.69. The van der Waals surface area contributed by atoms with E-state index in [1.54, 1.807) is 24.3 Å². The number of rotatable bonds is 7. The van der Waals surface area contributed by atoms with Crippen molar-refractivity contribution in [2.75, 3.05) is 37.4 Å². The van der Waals surface area contributed by atoms with Gasteiger partial charge in [-0.15, -0.1) is 12.4 Å². The van der Waals surface area contributed by atoms with Crippen molar-refractivity contribution >= 4 is 58.0 Å². The van der Waals surface area contributed by atoms with Crippen molar-refractivity contribution in [2.24, 2.45) is 5.41 Å². The molecule has 1 saturated heterocycles. The van der Waals surface area contributed by atoms with Gasteiger partial charge in [-0.2, -0.15) is 0 Å². The molecule has 2 heterocycles. The number of amides is 1. The molecule has 1 saturated carbocycles. The first-order valence-corrected chi connectivity index (χ1v) is 11.6. The highest BCUT2D eigenvalue weighted by Crippen LogP contribution is 2.47.